The predicted molar refractivity (Wildman–Crippen MR) is 90.7 cm³/mol. The van der Waals surface area contributed by atoms with E-state index in [-0.39, 0.29) is 6.61 Å². The van der Waals surface area contributed by atoms with Gasteiger partial charge in [0, 0.05) is 0 Å². The first kappa shape index (κ1) is 21.4. The first-order valence-corrected chi connectivity index (χ1v) is 8.79. The maximum atomic E-state index is 11.3. The molecule has 1 rings (SSSR count). The minimum atomic E-state index is -1.21. The number of nitroso groups, excluding NO2 is 1. The third kappa shape index (κ3) is 4.95. The van der Waals surface area contributed by atoms with Crippen molar-refractivity contribution in [2.75, 3.05) is 6.61 Å². The van der Waals surface area contributed by atoms with Crippen molar-refractivity contribution in [2.24, 2.45) is 5.18 Å². The van der Waals surface area contributed by atoms with Crippen LogP contribution >= 0.6 is 0 Å². The van der Waals surface area contributed by atoms with E-state index in [1.165, 1.54) is 0 Å². The average molecular weight is 347 g/mol. The van der Waals surface area contributed by atoms with E-state index in [1.807, 2.05) is 41.5 Å². The van der Waals surface area contributed by atoms with Crippen LogP contribution in [0.3, 0.4) is 0 Å². The van der Waals surface area contributed by atoms with Crippen molar-refractivity contribution in [1.29, 1.82) is 0 Å². The molecule has 0 saturated carbocycles. The first-order chi connectivity index (χ1) is 11.2. The minimum absolute atomic E-state index is 0.345. The molecule has 0 radical (unpaired) electrons. The number of hydrogen-bond acceptors (Lipinski definition) is 7. The van der Waals surface area contributed by atoms with Crippen molar-refractivity contribution in [3.63, 3.8) is 0 Å². The number of aliphatic hydroxyl groups excluding tert-OH is 2. The summed E-state index contributed by atoms with van der Waals surface area (Å²) in [7, 11) is 0. The largest absolute Gasteiger partial charge is 0.394 e. The highest BCUT2D eigenvalue weighted by Gasteiger charge is 2.50. The summed E-state index contributed by atoms with van der Waals surface area (Å²) in [6.45, 7) is 11.2. The summed E-state index contributed by atoms with van der Waals surface area (Å²) in [6.07, 6.45) is -1.70. The molecule has 7 heteroatoms. The second-order valence-electron chi connectivity index (χ2n) is 7.28. The summed E-state index contributed by atoms with van der Waals surface area (Å²) in [6, 6.07) is -1.11. The summed E-state index contributed by atoms with van der Waals surface area (Å²) in [5, 5.41) is 23.3. The Hall–Kier alpha value is -0.600. The standard InChI is InChI=1S/C17H33NO6/c1-7-16(4,5)23-14-11(10-19)22-15(12(18-21)13(14)20)24-17(6,8-2)9-3/h11-15,19-20H,7-10H2,1-6H3. The smallest absolute Gasteiger partial charge is 0.187 e. The van der Waals surface area contributed by atoms with Gasteiger partial charge in [-0.1, -0.05) is 25.9 Å². The molecule has 0 bridgehead atoms. The van der Waals surface area contributed by atoms with Gasteiger partial charge < -0.3 is 24.4 Å². The monoisotopic (exact) mass is 347 g/mol. The molecule has 142 valence electrons. The second kappa shape index (κ2) is 8.67. The lowest BCUT2D eigenvalue weighted by atomic mass is 9.94. The summed E-state index contributed by atoms with van der Waals surface area (Å²) >= 11 is 0. The van der Waals surface area contributed by atoms with Gasteiger partial charge in [-0.2, -0.15) is 4.91 Å². The Morgan fingerprint density at radius 2 is 1.67 bits per heavy atom. The third-order valence-corrected chi connectivity index (χ3v) is 5.15. The number of ether oxygens (including phenoxy) is 3. The Morgan fingerprint density at radius 1 is 1.08 bits per heavy atom. The highest BCUT2D eigenvalue weighted by atomic mass is 16.7. The Bertz CT molecular complexity index is 399. The number of rotatable bonds is 9. The molecule has 0 aromatic rings. The topological polar surface area (TPSA) is 97.6 Å². The molecule has 2 N–H and O–H groups in total. The summed E-state index contributed by atoms with van der Waals surface area (Å²) < 4.78 is 17.6. The van der Waals surface area contributed by atoms with Crippen LogP contribution in [-0.4, -0.2) is 58.7 Å². The van der Waals surface area contributed by atoms with E-state index in [0.29, 0.717) is 6.42 Å². The molecule has 1 fully saturated rings. The fourth-order valence-electron chi connectivity index (χ4n) is 2.56. The lowest BCUT2D eigenvalue weighted by molar-refractivity contribution is -0.310. The molecule has 1 heterocycles. The summed E-state index contributed by atoms with van der Waals surface area (Å²) in [4.78, 5) is 11.3. The fourth-order valence-corrected chi connectivity index (χ4v) is 2.56. The molecule has 0 aliphatic carbocycles. The minimum Gasteiger partial charge on any atom is -0.394 e. The van der Waals surface area contributed by atoms with Gasteiger partial charge >= 0.3 is 0 Å². The SMILES string of the molecule is CCC(C)(C)OC1C(CO)OC(OC(C)(CC)CC)C(N=O)C1O. The van der Waals surface area contributed by atoms with Crippen LogP contribution in [0.25, 0.3) is 0 Å². The van der Waals surface area contributed by atoms with Gasteiger partial charge in [0.2, 0.25) is 0 Å². The average Bonchev–Trinajstić information content (AvgIpc) is 2.57. The summed E-state index contributed by atoms with van der Waals surface area (Å²) in [5.74, 6) is 0. The molecule has 0 aromatic carbocycles. The molecule has 24 heavy (non-hydrogen) atoms. The maximum Gasteiger partial charge on any atom is 0.187 e. The maximum absolute atomic E-state index is 11.3. The van der Waals surface area contributed by atoms with Crippen LogP contribution in [0.5, 0.6) is 0 Å². The van der Waals surface area contributed by atoms with Crippen LogP contribution in [0.4, 0.5) is 0 Å². The van der Waals surface area contributed by atoms with Crippen LogP contribution in [-0.2, 0) is 14.2 Å². The van der Waals surface area contributed by atoms with Gasteiger partial charge in [0.15, 0.2) is 12.3 Å². The normalized spacial score (nSPS) is 31.9. The molecular formula is C17H33NO6. The van der Waals surface area contributed by atoms with E-state index >= 15 is 0 Å². The van der Waals surface area contributed by atoms with E-state index in [2.05, 4.69) is 5.18 Å². The van der Waals surface area contributed by atoms with E-state index in [4.69, 9.17) is 14.2 Å². The van der Waals surface area contributed by atoms with Gasteiger partial charge in [0.05, 0.1) is 17.8 Å². The Kier molecular flexibility index (Phi) is 7.75. The van der Waals surface area contributed by atoms with Gasteiger partial charge in [0.1, 0.15) is 18.3 Å². The Morgan fingerprint density at radius 3 is 2.08 bits per heavy atom. The van der Waals surface area contributed by atoms with E-state index in [0.717, 1.165) is 12.8 Å². The predicted octanol–water partition coefficient (Wildman–Crippen LogP) is 2.37. The molecule has 0 amide bonds. The molecule has 1 aliphatic heterocycles. The first-order valence-electron chi connectivity index (χ1n) is 8.79. The van der Waals surface area contributed by atoms with Gasteiger partial charge in [0.25, 0.3) is 0 Å². The van der Waals surface area contributed by atoms with E-state index < -0.39 is 41.8 Å². The van der Waals surface area contributed by atoms with Crippen LogP contribution in [0.15, 0.2) is 5.18 Å². The molecule has 7 nitrogen and oxygen atoms in total. The second-order valence-corrected chi connectivity index (χ2v) is 7.28. The van der Waals surface area contributed by atoms with Crippen LogP contribution < -0.4 is 0 Å². The number of nitrogens with zero attached hydrogens (tertiary/aromatic N) is 1. The molecular weight excluding hydrogens is 314 g/mol. The zero-order chi connectivity index (χ0) is 18.5. The zero-order valence-corrected chi connectivity index (χ0v) is 15.7. The van der Waals surface area contributed by atoms with Crippen molar-refractivity contribution < 1.29 is 24.4 Å². The van der Waals surface area contributed by atoms with E-state index in [9.17, 15) is 15.1 Å². The van der Waals surface area contributed by atoms with Gasteiger partial charge in [-0.05, 0) is 40.0 Å². The Balaban J connectivity index is 3.00. The summed E-state index contributed by atoms with van der Waals surface area (Å²) in [5.41, 5.74) is -1.02. The molecule has 0 spiro atoms. The third-order valence-electron chi connectivity index (χ3n) is 5.15. The van der Waals surface area contributed by atoms with Crippen molar-refractivity contribution in [3.05, 3.63) is 4.91 Å². The van der Waals surface area contributed by atoms with Gasteiger partial charge in [-0.15, -0.1) is 0 Å². The van der Waals surface area contributed by atoms with Crippen molar-refractivity contribution >= 4 is 0 Å². The highest BCUT2D eigenvalue weighted by molar-refractivity contribution is 4.96. The molecule has 0 aromatic heterocycles. The number of hydrogen-bond donors (Lipinski definition) is 2. The lowest BCUT2D eigenvalue weighted by Crippen LogP contribution is -2.61. The molecule has 1 aliphatic rings. The lowest BCUT2D eigenvalue weighted by Gasteiger charge is -2.46. The molecule has 5 atom stereocenters. The van der Waals surface area contributed by atoms with Crippen molar-refractivity contribution in [2.45, 2.75) is 103 Å². The Labute approximate surface area is 144 Å². The quantitative estimate of drug-likeness (QED) is 0.622. The van der Waals surface area contributed by atoms with Crippen LogP contribution in [0.2, 0.25) is 0 Å². The molecule has 5 unspecified atom stereocenters. The fraction of sp³-hybridized carbons (Fsp3) is 1.00. The van der Waals surface area contributed by atoms with Crippen molar-refractivity contribution in [1.82, 2.24) is 0 Å². The number of aliphatic hydroxyl groups is 2. The molecule has 1 saturated heterocycles. The van der Waals surface area contributed by atoms with Crippen molar-refractivity contribution in [3.8, 4) is 0 Å². The van der Waals surface area contributed by atoms with Gasteiger partial charge in [-0.3, -0.25) is 0 Å². The van der Waals surface area contributed by atoms with E-state index in [1.54, 1.807) is 0 Å². The van der Waals surface area contributed by atoms with Crippen LogP contribution in [0, 0.1) is 4.91 Å². The van der Waals surface area contributed by atoms with Crippen LogP contribution in [0.1, 0.15) is 60.8 Å². The van der Waals surface area contributed by atoms with Gasteiger partial charge in [-0.25, -0.2) is 0 Å². The zero-order valence-electron chi connectivity index (χ0n) is 15.7. The highest BCUT2D eigenvalue weighted by Crippen LogP contribution is 2.33.